The zero-order chi connectivity index (χ0) is 18.5. The predicted octanol–water partition coefficient (Wildman–Crippen LogP) is 2.46. The molecule has 1 saturated carbocycles. The molecule has 1 unspecified atom stereocenters. The molecule has 0 saturated heterocycles. The Hall–Kier alpha value is -2.28. The predicted molar refractivity (Wildman–Crippen MR) is 97.7 cm³/mol. The number of amides is 1. The molecule has 1 amide bonds. The number of nitrogens with zero attached hydrogens (tertiary/aromatic N) is 1. The van der Waals surface area contributed by atoms with E-state index in [2.05, 4.69) is 38.7 Å². The Labute approximate surface area is 153 Å². The number of carbonyl (C=O) groups excluding carboxylic acids is 1. The van der Waals surface area contributed by atoms with Gasteiger partial charge in [0.25, 0.3) is 0 Å². The van der Waals surface area contributed by atoms with E-state index in [-0.39, 0.29) is 18.0 Å². The van der Waals surface area contributed by atoms with Crippen LogP contribution < -0.4 is 16.0 Å². The number of ether oxygens (including phenoxy) is 1. The van der Waals surface area contributed by atoms with Gasteiger partial charge in [0.05, 0.1) is 7.11 Å². The standard InChI is InChI=1S/C19H27FN4O2/c1-13(22-16-8-9-16)17-12-24(11-3-10-21-19(25)26-2)18(23-17)14-4-6-15(20)7-5-14/h4-7,12-13,16,18,22-23H,3,8-11H2,1-2H3,(H,21,25)/t13-,18?/m1/s1. The summed E-state index contributed by atoms with van der Waals surface area (Å²) >= 11 is 0. The zero-order valence-electron chi connectivity index (χ0n) is 15.3. The SMILES string of the molecule is COC(=O)NCCCN1C=C([C@@H](C)NC2CC2)NC1c1ccc(F)cc1. The lowest BCUT2D eigenvalue weighted by Crippen LogP contribution is -2.36. The normalized spacial score (nSPS) is 20.3. The van der Waals surface area contributed by atoms with Gasteiger partial charge in [-0.25, -0.2) is 9.18 Å². The van der Waals surface area contributed by atoms with Crippen LogP contribution in [-0.4, -0.2) is 43.3 Å². The Morgan fingerprint density at radius 1 is 1.38 bits per heavy atom. The smallest absolute Gasteiger partial charge is 0.406 e. The molecule has 2 aliphatic rings. The van der Waals surface area contributed by atoms with E-state index in [1.54, 1.807) is 0 Å². The number of rotatable bonds is 8. The second kappa shape index (κ2) is 8.40. The van der Waals surface area contributed by atoms with E-state index in [4.69, 9.17) is 0 Å². The molecule has 3 rings (SSSR count). The highest BCUT2D eigenvalue weighted by Gasteiger charge is 2.30. The first kappa shape index (κ1) is 18.5. The first-order chi connectivity index (χ1) is 12.6. The number of methoxy groups -OCH3 is 1. The van der Waals surface area contributed by atoms with Crippen LogP contribution in [0.2, 0.25) is 0 Å². The summed E-state index contributed by atoms with van der Waals surface area (Å²) in [5.41, 5.74) is 2.14. The van der Waals surface area contributed by atoms with Gasteiger partial charge in [0.1, 0.15) is 12.0 Å². The first-order valence-corrected chi connectivity index (χ1v) is 9.14. The van der Waals surface area contributed by atoms with Crippen molar-refractivity contribution in [2.75, 3.05) is 20.2 Å². The highest BCUT2D eigenvalue weighted by molar-refractivity contribution is 5.66. The molecular formula is C19H27FN4O2. The average Bonchev–Trinajstić information content (AvgIpc) is 3.35. The molecule has 0 spiro atoms. The van der Waals surface area contributed by atoms with Gasteiger partial charge >= 0.3 is 6.09 Å². The van der Waals surface area contributed by atoms with Gasteiger partial charge in [-0.2, -0.15) is 0 Å². The van der Waals surface area contributed by atoms with E-state index in [0.29, 0.717) is 12.6 Å². The van der Waals surface area contributed by atoms with E-state index >= 15 is 0 Å². The lowest BCUT2D eigenvalue weighted by atomic mass is 10.1. The van der Waals surface area contributed by atoms with Crippen molar-refractivity contribution in [3.63, 3.8) is 0 Å². The molecule has 26 heavy (non-hydrogen) atoms. The highest BCUT2D eigenvalue weighted by atomic mass is 19.1. The van der Waals surface area contributed by atoms with Crippen molar-refractivity contribution < 1.29 is 13.9 Å². The highest BCUT2D eigenvalue weighted by Crippen LogP contribution is 2.28. The van der Waals surface area contributed by atoms with Gasteiger partial charge in [0.2, 0.25) is 0 Å². The van der Waals surface area contributed by atoms with Crippen LogP contribution in [0.3, 0.4) is 0 Å². The summed E-state index contributed by atoms with van der Waals surface area (Å²) in [6.07, 6.45) is 4.93. The van der Waals surface area contributed by atoms with Crippen LogP contribution in [0.4, 0.5) is 9.18 Å². The lowest BCUT2D eigenvalue weighted by molar-refractivity contribution is 0.170. The Morgan fingerprint density at radius 3 is 2.77 bits per heavy atom. The van der Waals surface area contributed by atoms with E-state index in [1.165, 1.54) is 32.1 Å². The number of hydrogen-bond donors (Lipinski definition) is 3. The van der Waals surface area contributed by atoms with Gasteiger partial charge in [0.15, 0.2) is 0 Å². The fraction of sp³-hybridized carbons (Fsp3) is 0.526. The zero-order valence-corrected chi connectivity index (χ0v) is 15.3. The minimum atomic E-state index is -0.418. The van der Waals surface area contributed by atoms with Crippen LogP contribution in [0.1, 0.15) is 37.9 Å². The van der Waals surface area contributed by atoms with Crippen LogP contribution in [0.25, 0.3) is 0 Å². The Balaban J connectivity index is 1.63. The van der Waals surface area contributed by atoms with Gasteiger partial charge in [-0.05, 0) is 43.9 Å². The maximum absolute atomic E-state index is 13.3. The molecule has 1 aromatic carbocycles. The monoisotopic (exact) mass is 362 g/mol. The third kappa shape index (κ3) is 4.88. The van der Waals surface area contributed by atoms with E-state index in [9.17, 15) is 9.18 Å². The molecule has 1 fully saturated rings. The minimum Gasteiger partial charge on any atom is -0.453 e. The maximum Gasteiger partial charge on any atom is 0.406 e. The number of halogens is 1. The average molecular weight is 362 g/mol. The van der Waals surface area contributed by atoms with Crippen molar-refractivity contribution in [1.29, 1.82) is 0 Å². The fourth-order valence-electron chi connectivity index (χ4n) is 3.10. The third-order valence-corrected chi connectivity index (χ3v) is 4.70. The summed E-state index contributed by atoms with van der Waals surface area (Å²) in [5, 5.41) is 9.85. The molecule has 0 bridgehead atoms. The van der Waals surface area contributed by atoms with Crippen molar-refractivity contribution >= 4 is 6.09 Å². The number of hydrogen-bond acceptors (Lipinski definition) is 5. The number of carbonyl (C=O) groups is 1. The molecule has 7 heteroatoms. The molecule has 1 aromatic rings. The number of nitrogens with one attached hydrogen (secondary N) is 3. The van der Waals surface area contributed by atoms with Crippen molar-refractivity contribution in [3.8, 4) is 0 Å². The van der Waals surface area contributed by atoms with Crippen LogP contribution in [0.5, 0.6) is 0 Å². The van der Waals surface area contributed by atoms with Crippen LogP contribution in [0, 0.1) is 5.82 Å². The third-order valence-electron chi connectivity index (χ3n) is 4.70. The van der Waals surface area contributed by atoms with Gasteiger partial charge in [-0.3, -0.25) is 0 Å². The quantitative estimate of drug-likeness (QED) is 0.620. The van der Waals surface area contributed by atoms with Crippen LogP contribution in [-0.2, 0) is 4.74 Å². The summed E-state index contributed by atoms with van der Waals surface area (Å²) < 4.78 is 17.9. The maximum atomic E-state index is 13.3. The van der Waals surface area contributed by atoms with E-state index in [1.807, 2.05) is 12.1 Å². The Bertz CT molecular complexity index is 645. The van der Waals surface area contributed by atoms with Crippen molar-refractivity contribution in [1.82, 2.24) is 20.9 Å². The molecule has 2 atom stereocenters. The van der Waals surface area contributed by atoms with E-state index < -0.39 is 6.09 Å². The first-order valence-electron chi connectivity index (χ1n) is 9.14. The van der Waals surface area contributed by atoms with Crippen molar-refractivity contribution in [3.05, 3.63) is 47.5 Å². The molecule has 1 aliphatic heterocycles. The van der Waals surface area contributed by atoms with Gasteiger partial charge in [-0.15, -0.1) is 0 Å². The summed E-state index contributed by atoms with van der Waals surface area (Å²) in [5.74, 6) is -0.238. The summed E-state index contributed by atoms with van der Waals surface area (Å²) in [6.45, 7) is 3.46. The second-order valence-electron chi connectivity index (χ2n) is 6.86. The molecule has 1 aliphatic carbocycles. The van der Waals surface area contributed by atoms with Gasteiger partial charge in [-0.1, -0.05) is 12.1 Å². The second-order valence-corrected chi connectivity index (χ2v) is 6.86. The molecule has 0 aromatic heterocycles. The van der Waals surface area contributed by atoms with Gasteiger partial charge in [0, 0.05) is 37.1 Å². The Kier molecular flexibility index (Phi) is 5.98. The number of benzene rings is 1. The number of alkyl carbamates (subject to hydrolysis) is 1. The van der Waals surface area contributed by atoms with Gasteiger partial charge < -0.3 is 25.6 Å². The summed E-state index contributed by atoms with van der Waals surface area (Å²) in [4.78, 5) is 13.4. The fourth-order valence-corrected chi connectivity index (χ4v) is 3.10. The minimum absolute atomic E-state index is 0.0350. The van der Waals surface area contributed by atoms with Crippen LogP contribution in [0.15, 0.2) is 36.2 Å². The van der Waals surface area contributed by atoms with Crippen molar-refractivity contribution in [2.24, 2.45) is 0 Å². The van der Waals surface area contributed by atoms with Crippen LogP contribution >= 0.6 is 0 Å². The Morgan fingerprint density at radius 2 is 2.12 bits per heavy atom. The molecule has 6 nitrogen and oxygen atoms in total. The summed E-state index contributed by atoms with van der Waals surface area (Å²) in [7, 11) is 1.35. The molecule has 1 heterocycles. The topological polar surface area (TPSA) is 65.6 Å². The molecular weight excluding hydrogens is 335 g/mol. The summed E-state index contributed by atoms with van der Waals surface area (Å²) in [6, 6.07) is 7.44. The molecule has 0 radical (unpaired) electrons. The van der Waals surface area contributed by atoms with Crippen molar-refractivity contribution in [2.45, 2.75) is 44.4 Å². The molecule has 3 N–H and O–H groups in total. The van der Waals surface area contributed by atoms with E-state index in [0.717, 1.165) is 24.2 Å². The molecule has 142 valence electrons. The largest absolute Gasteiger partial charge is 0.453 e. The lowest BCUT2D eigenvalue weighted by Gasteiger charge is -2.26.